The normalized spacial score (nSPS) is 14.3. The Morgan fingerprint density at radius 3 is 2.52 bits per heavy atom. The van der Waals surface area contributed by atoms with Crippen LogP contribution in [0.4, 0.5) is 5.00 Å². The van der Waals surface area contributed by atoms with Crippen molar-refractivity contribution in [2.24, 2.45) is 0 Å². The molecule has 1 aromatic heterocycles. The number of amides is 1. The molecule has 1 aliphatic carbocycles. The van der Waals surface area contributed by atoms with Crippen molar-refractivity contribution in [1.82, 2.24) is 0 Å². The van der Waals surface area contributed by atoms with E-state index in [-0.39, 0.29) is 11.9 Å². The highest BCUT2D eigenvalue weighted by molar-refractivity contribution is 7.17. The smallest absolute Gasteiger partial charge is 0.341 e. The molecule has 0 aliphatic heterocycles. The number of esters is 1. The summed E-state index contributed by atoms with van der Waals surface area (Å²) in [4.78, 5) is 25.9. The summed E-state index contributed by atoms with van der Waals surface area (Å²) in [5, 5.41) is 4.10. The minimum atomic E-state index is -0.384. The van der Waals surface area contributed by atoms with Gasteiger partial charge >= 0.3 is 5.97 Å². The van der Waals surface area contributed by atoms with E-state index in [1.807, 2.05) is 12.1 Å². The van der Waals surface area contributed by atoms with Gasteiger partial charge in [-0.25, -0.2) is 4.79 Å². The Balaban J connectivity index is 1.82. The molecule has 0 saturated heterocycles. The third kappa shape index (κ3) is 4.99. The van der Waals surface area contributed by atoms with Gasteiger partial charge in [0.05, 0.1) is 12.7 Å². The van der Waals surface area contributed by atoms with Gasteiger partial charge in [0, 0.05) is 16.0 Å². The molecule has 142 valence electrons. The van der Waals surface area contributed by atoms with E-state index < -0.39 is 0 Å². The van der Waals surface area contributed by atoms with Crippen LogP contribution < -0.4 is 5.32 Å². The van der Waals surface area contributed by atoms with Gasteiger partial charge in [0.2, 0.25) is 5.91 Å². The maximum Gasteiger partial charge on any atom is 0.341 e. The number of halogens is 1. The van der Waals surface area contributed by atoms with Gasteiger partial charge in [0.25, 0.3) is 0 Å². The molecule has 1 aliphatic rings. The maximum atomic E-state index is 12.4. The summed E-state index contributed by atoms with van der Waals surface area (Å²) in [6.07, 6.45) is 9.51. The second-order valence-electron chi connectivity index (χ2n) is 6.49. The number of hydrogen-bond acceptors (Lipinski definition) is 4. The van der Waals surface area contributed by atoms with Gasteiger partial charge in [0.1, 0.15) is 5.00 Å². The molecular weight excluding hydrogens is 382 g/mol. The molecule has 0 spiro atoms. The Hall–Kier alpha value is -2.11. The van der Waals surface area contributed by atoms with E-state index in [0.29, 0.717) is 15.6 Å². The number of anilines is 1. The van der Waals surface area contributed by atoms with E-state index in [1.54, 1.807) is 18.2 Å². The quantitative estimate of drug-likeness (QED) is 0.541. The molecule has 27 heavy (non-hydrogen) atoms. The average Bonchev–Trinajstić information content (AvgIpc) is 2.96. The number of thiophene rings is 1. The summed E-state index contributed by atoms with van der Waals surface area (Å²) >= 11 is 7.37. The summed E-state index contributed by atoms with van der Waals surface area (Å²) in [5.41, 5.74) is 2.44. The largest absolute Gasteiger partial charge is 0.465 e. The summed E-state index contributed by atoms with van der Waals surface area (Å²) in [5.74, 6) is -0.658. The summed E-state index contributed by atoms with van der Waals surface area (Å²) in [6, 6.07) is 7.22. The number of aryl methyl sites for hydroxylation is 1. The molecule has 0 saturated carbocycles. The van der Waals surface area contributed by atoms with Crippen LogP contribution in [-0.2, 0) is 22.4 Å². The fraction of sp³-hybridized carbons (Fsp3) is 0.333. The van der Waals surface area contributed by atoms with E-state index in [0.717, 1.165) is 36.8 Å². The lowest BCUT2D eigenvalue weighted by Gasteiger charge is -2.10. The fourth-order valence-electron chi connectivity index (χ4n) is 3.22. The first-order valence-corrected chi connectivity index (χ1v) is 10.3. The second-order valence-corrected chi connectivity index (χ2v) is 8.03. The van der Waals surface area contributed by atoms with Gasteiger partial charge in [-0.15, -0.1) is 11.3 Å². The minimum absolute atomic E-state index is 0.274. The van der Waals surface area contributed by atoms with E-state index in [1.165, 1.54) is 42.2 Å². The highest BCUT2D eigenvalue weighted by atomic mass is 35.5. The molecule has 0 atom stereocenters. The predicted molar refractivity (Wildman–Crippen MR) is 111 cm³/mol. The molecule has 2 aromatic rings. The van der Waals surface area contributed by atoms with Crippen molar-refractivity contribution in [2.45, 2.75) is 38.5 Å². The number of carbonyl (C=O) groups is 2. The maximum absolute atomic E-state index is 12.4. The van der Waals surface area contributed by atoms with E-state index in [2.05, 4.69) is 5.32 Å². The Kier molecular flexibility index (Phi) is 6.69. The third-order valence-electron chi connectivity index (χ3n) is 4.59. The zero-order valence-electron chi connectivity index (χ0n) is 15.2. The average molecular weight is 404 g/mol. The molecule has 3 rings (SSSR count). The number of rotatable bonds is 4. The van der Waals surface area contributed by atoms with Crippen LogP contribution in [0.15, 0.2) is 30.3 Å². The van der Waals surface area contributed by atoms with Crippen LogP contribution in [-0.4, -0.2) is 19.0 Å². The molecule has 1 N–H and O–H groups in total. The molecule has 0 radical (unpaired) electrons. The minimum Gasteiger partial charge on any atom is -0.465 e. The van der Waals surface area contributed by atoms with Gasteiger partial charge in [-0.2, -0.15) is 0 Å². The SMILES string of the molecule is COC(=O)c1c(NC(=O)C=Cc2ccc(Cl)cc2)sc2c1CCCCCC2. The van der Waals surface area contributed by atoms with Crippen molar-refractivity contribution in [3.63, 3.8) is 0 Å². The molecule has 0 bridgehead atoms. The summed E-state index contributed by atoms with van der Waals surface area (Å²) in [6.45, 7) is 0. The van der Waals surface area contributed by atoms with Crippen LogP contribution in [0.25, 0.3) is 6.08 Å². The zero-order chi connectivity index (χ0) is 19.2. The van der Waals surface area contributed by atoms with Crippen molar-refractivity contribution in [3.8, 4) is 0 Å². The standard InChI is InChI=1S/C21H22ClNO3S/c1-26-21(25)19-16-6-4-2-3-5-7-17(16)27-20(19)23-18(24)13-10-14-8-11-15(22)12-9-14/h8-13H,2-7H2,1H3,(H,23,24). The Labute approximate surface area is 168 Å². The first-order chi connectivity index (χ1) is 13.1. The van der Waals surface area contributed by atoms with Gasteiger partial charge in [-0.1, -0.05) is 36.6 Å². The number of nitrogens with one attached hydrogen (secondary N) is 1. The van der Waals surface area contributed by atoms with E-state index in [9.17, 15) is 9.59 Å². The molecule has 1 amide bonds. The molecule has 0 fully saturated rings. The van der Waals surface area contributed by atoms with Gasteiger partial charge in [0.15, 0.2) is 0 Å². The number of carbonyl (C=O) groups excluding carboxylic acids is 2. The zero-order valence-corrected chi connectivity index (χ0v) is 16.8. The van der Waals surface area contributed by atoms with Gasteiger partial charge in [-0.3, -0.25) is 4.79 Å². The van der Waals surface area contributed by atoms with Crippen molar-refractivity contribution in [2.75, 3.05) is 12.4 Å². The lowest BCUT2D eigenvalue weighted by atomic mass is 9.96. The van der Waals surface area contributed by atoms with Gasteiger partial charge < -0.3 is 10.1 Å². The van der Waals surface area contributed by atoms with Crippen LogP contribution in [0.1, 0.15) is 52.0 Å². The number of methoxy groups -OCH3 is 1. The first kappa shape index (κ1) is 19.6. The van der Waals surface area contributed by atoms with Crippen molar-refractivity contribution in [3.05, 3.63) is 56.9 Å². The molecule has 4 nitrogen and oxygen atoms in total. The van der Waals surface area contributed by atoms with Crippen molar-refractivity contribution >= 4 is 45.9 Å². The lowest BCUT2D eigenvalue weighted by Crippen LogP contribution is -2.12. The predicted octanol–water partition coefficient (Wildman–Crippen LogP) is 5.50. The Morgan fingerprint density at radius 1 is 1.11 bits per heavy atom. The van der Waals surface area contributed by atoms with Crippen LogP contribution in [0.3, 0.4) is 0 Å². The Bertz CT molecular complexity index is 855. The summed E-state index contributed by atoms with van der Waals surface area (Å²) in [7, 11) is 1.38. The molecule has 6 heteroatoms. The lowest BCUT2D eigenvalue weighted by molar-refractivity contribution is -0.111. The monoisotopic (exact) mass is 403 g/mol. The summed E-state index contributed by atoms with van der Waals surface area (Å²) < 4.78 is 4.98. The molecule has 1 aromatic carbocycles. The molecule has 0 unspecified atom stereocenters. The molecular formula is C21H22ClNO3S. The van der Waals surface area contributed by atoms with E-state index >= 15 is 0 Å². The fourth-order valence-corrected chi connectivity index (χ4v) is 4.63. The highest BCUT2D eigenvalue weighted by Gasteiger charge is 2.25. The topological polar surface area (TPSA) is 55.4 Å². The molecule has 1 heterocycles. The van der Waals surface area contributed by atoms with Crippen LogP contribution in [0.5, 0.6) is 0 Å². The van der Waals surface area contributed by atoms with Crippen LogP contribution >= 0.6 is 22.9 Å². The van der Waals surface area contributed by atoms with E-state index in [4.69, 9.17) is 16.3 Å². The van der Waals surface area contributed by atoms with Crippen molar-refractivity contribution in [1.29, 1.82) is 0 Å². The number of ether oxygens (including phenoxy) is 1. The number of fused-ring (bicyclic) bond motifs is 1. The van der Waals surface area contributed by atoms with Crippen LogP contribution in [0.2, 0.25) is 5.02 Å². The van der Waals surface area contributed by atoms with Crippen LogP contribution in [0, 0.1) is 0 Å². The van der Waals surface area contributed by atoms with Gasteiger partial charge in [-0.05, 0) is 55.0 Å². The first-order valence-electron chi connectivity index (χ1n) is 9.06. The third-order valence-corrected chi connectivity index (χ3v) is 6.05. The number of hydrogen-bond donors (Lipinski definition) is 1. The van der Waals surface area contributed by atoms with Crippen molar-refractivity contribution < 1.29 is 14.3 Å². The second kappa shape index (κ2) is 9.20. The number of benzene rings is 1. The highest BCUT2D eigenvalue weighted by Crippen LogP contribution is 2.37. The Morgan fingerprint density at radius 2 is 1.81 bits per heavy atom.